The summed E-state index contributed by atoms with van der Waals surface area (Å²) in [4.78, 5) is 0. The van der Waals surface area contributed by atoms with Crippen molar-refractivity contribution in [2.75, 3.05) is 20.3 Å². The molecule has 116 valence electrons. The van der Waals surface area contributed by atoms with Gasteiger partial charge in [-0.25, -0.2) is 0 Å². The first kappa shape index (κ1) is 18.1. The summed E-state index contributed by atoms with van der Waals surface area (Å²) < 4.78 is 10.8. The van der Waals surface area contributed by atoms with Gasteiger partial charge in [-0.3, -0.25) is 0 Å². The first-order chi connectivity index (χ1) is 9.70. The van der Waals surface area contributed by atoms with Crippen molar-refractivity contribution in [2.24, 2.45) is 0 Å². The zero-order valence-corrected chi connectivity index (χ0v) is 13.9. The molecular formula is C16H21Cl2NO2. The minimum atomic E-state index is 0. The lowest BCUT2D eigenvalue weighted by molar-refractivity contribution is 0.194. The molecule has 0 aliphatic carbocycles. The van der Waals surface area contributed by atoms with Gasteiger partial charge in [-0.15, -0.1) is 12.4 Å². The largest absolute Gasteiger partial charge is 0.460 e. The summed E-state index contributed by atoms with van der Waals surface area (Å²) in [6, 6.07) is 9.93. The van der Waals surface area contributed by atoms with Crippen LogP contribution in [0.15, 0.2) is 34.7 Å². The molecule has 1 N–H and O–H groups in total. The zero-order valence-electron chi connectivity index (χ0n) is 12.3. The van der Waals surface area contributed by atoms with E-state index in [2.05, 4.69) is 5.32 Å². The summed E-state index contributed by atoms with van der Waals surface area (Å²) in [5, 5.41) is 4.08. The first-order valence-electron chi connectivity index (χ1n) is 6.75. The fraction of sp³-hybridized carbons (Fsp3) is 0.375. The molecule has 0 atom stereocenters. The monoisotopic (exact) mass is 329 g/mol. The third-order valence-corrected chi connectivity index (χ3v) is 3.53. The van der Waals surface area contributed by atoms with Crippen molar-refractivity contribution in [1.29, 1.82) is 0 Å². The molecule has 0 aliphatic rings. The molecular weight excluding hydrogens is 309 g/mol. The Kier molecular flexibility index (Phi) is 7.83. The average Bonchev–Trinajstić information content (AvgIpc) is 2.90. The number of ether oxygens (including phenoxy) is 1. The highest BCUT2D eigenvalue weighted by Gasteiger charge is 2.06. The summed E-state index contributed by atoms with van der Waals surface area (Å²) in [7, 11) is 1.71. The van der Waals surface area contributed by atoms with Gasteiger partial charge < -0.3 is 14.5 Å². The molecule has 1 aromatic heterocycles. The van der Waals surface area contributed by atoms with Gasteiger partial charge in [0.2, 0.25) is 0 Å². The fourth-order valence-corrected chi connectivity index (χ4v) is 2.11. The number of furan rings is 1. The molecule has 2 rings (SSSR count). The molecule has 0 saturated carbocycles. The number of benzene rings is 1. The van der Waals surface area contributed by atoms with E-state index in [-0.39, 0.29) is 12.4 Å². The van der Waals surface area contributed by atoms with Gasteiger partial charge in [0, 0.05) is 24.3 Å². The SMILES string of the molecule is COCCCNCc1ccc(-c2ccc(C)c(Cl)c2)o1.Cl. The van der Waals surface area contributed by atoms with Gasteiger partial charge in [-0.2, -0.15) is 0 Å². The van der Waals surface area contributed by atoms with Gasteiger partial charge in [-0.05, 0) is 43.7 Å². The van der Waals surface area contributed by atoms with E-state index in [1.807, 2.05) is 37.3 Å². The van der Waals surface area contributed by atoms with Gasteiger partial charge in [0.25, 0.3) is 0 Å². The lowest BCUT2D eigenvalue weighted by atomic mass is 10.1. The predicted molar refractivity (Wildman–Crippen MR) is 89.3 cm³/mol. The molecule has 0 fully saturated rings. The Morgan fingerprint density at radius 3 is 2.76 bits per heavy atom. The molecule has 0 unspecified atom stereocenters. The minimum Gasteiger partial charge on any atom is -0.460 e. The molecule has 0 saturated heterocycles. The lowest BCUT2D eigenvalue weighted by Gasteiger charge is -2.03. The smallest absolute Gasteiger partial charge is 0.134 e. The van der Waals surface area contributed by atoms with Crippen LogP contribution in [0.2, 0.25) is 5.02 Å². The summed E-state index contributed by atoms with van der Waals surface area (Å²) in [5.41, 5.74) is 2.08. The van der Waals surface area contributed by atoms with Crippen LogP contribution in [0, 0.1) is 6.92 Å². The van der Waals surface area contributed by atoms with Crippen LogP contribution in [-0.4, -0.2) is 20.3 Å². The predicted octanol–water partition coefficient (Wildman–Crippen LogP) is 4.46. The number of hydrogen-bond acceptors (Lipinski definition) is 3. The second-order valence-corrected chi connectivity index (χ2v) is 5.16. The molecule has 0 bridgehead atoms. The Morgan fingerprint density at radius 1 is 1.24 bits per heavy atom. The summed E-state index contributed by atoms with van der Waals surface area (Å²) in [6.07, 6.45) is 0.998. The Balaban J connectivity index is 0.00000220. The van der Waals surface area contributed by atoms with Crippen LogP contribution >= 0.6 is 24.0 Å². The molecule has 5 heteroatoms. The standard InChI is InChI=1S/C16H20ClNO2.ClH/c1-12-4-5-13(10-15(12)17)16-7-6-14(20-16)11-18-8-3-9-19-2;/h4-7,10,18H,3,8-9,11H2,1-2H3;1H. The van der Waals surface area contributed by atoms with Crippen LogP contribution in [0.3, 0.4) is 0 Å². The Hall–Kier alpha value is -1.000. The van der Waals surface area contributed by atoms with Crippen molar-refractivity contribution >= 4 is 24.0 Å². The summed E-state index contributed by atoms with van der Waals surface area (Å²) in [6.45, 7) is 4.41. The lowest BCUT2D eigenvalue weighted by Crippen LogP contribution is -2.15. The van der Waals surface area contributed by atoms with Crippen molar-refractivity contribution in [3.8, 4) is 11.3 Å². The van der Waals surface area contributed by atoms with Crippen LogP contribution < -0.4 is 5.32 Å². The van der Waals surface area contributed by atoms with Crippen molar-refractivity contribution in [2.45, 2.75) is 19.9 Å². The maximum absolute atomic E-state index is 6.14. The van der Waals surface area contributed by atoms with Crippen molar-refractivity contribution in [3.63, 3.8) is 0 Å². The van der Waals surface area contributed by atoms with E-state index >= 15 is 0 Å². The van der Waals surface area contributed by atoms with E-state index < -0.39 is 0 Å². The van der Waals surface area contributed by atoms with E-state index in [1.165, 1.54) is 0 Å². The topological polar surface area (TPSA) is 34.4 Å². The molecule has 0 radical (unpaired) electrons. The van der Waals surface area contributed by atoms with E-state index in [4.69, 9.17) is 20.8 Å². The second-order valence-electron chi connectivity index (χ2n) is 4.75. The molecule has 3 nitrogen and oxygen atoms in total. The third-order valence-electron chi connectivity index (χ3n) is 3.12. The Labute approximate surface area is 137 Å². The summed E-state index contributed by atoms with van der Waals surface area (Å²) >= 11 is 6.14. The maximum Gasteiger partial charge on any atom is 0.134 e. The van der Waals surface area contributed by atoms with Crippen LogP contribution in [0.4, 0.5) is 0 Å². The molecule has 1 heterocycles. The normalized spacial score (nSPS) is 10.4. The van der Waals surface area contributed by atoms with Gasteiger partial charge in [0.1, 0.15) is 11.5 Å². The molecule has 1 aromatic carbocycles. The highest BCUT2D eigenvalue weighted by atomic mass is 35.5. The molecule has 21 heavy (non-hydrogen) atoms. The van der Waals surface area contributed by atoms with E-state index in [9.17, 15) is 0 Å². The molecule has 0 amide bonds. The van der Waals surface area contributed by atoms with Crippen LogP contribution in [-0.2, 0) is 11.3 Å². The zero-order chi connectivity index (χ0) is 14.4. The van der Waals surface area contributed by atoms with E-state index in [0.717, 1.165) is 53.8 Å². The van der Waals surface area contributed by atoms with Crippen molar-refractivity contribution < 1.29 is 9.15 Å². The molecule has 0 aliphatic heterocycles. The van der Waals surface area contributed by atoms with E-state index in [1.54, 1.807) is 7.11 Å². The number of methoxy groups -OCH3 is 1. The number of rotatable bonds is 7. The van der Waals surface area contributed by atoms with Crippen LogP contribution in [0.1, 0.15) is 17.7 Å². The number of aryl methyl sites for hydroxylation is 1. The maximum atomic E-state index is 6.14. The summed E-state index contributed by atoms with van der Waals surface area (Å²) in [5.74, 6) is 1.77. The Morgan fingerprint density at radius 2 is 2.05 bits per heavy atom. The molecule has 2 aromatic rings. The minimum absolute atomic E-state index is 0. The number of hydrogen-bond donors (Lipinski definition) is 1. The number of halogens is 2. The third kappa shape index (κ3) is 5.36. The van der Waals surface area contributed by atoms with Gasteiger partial charge in [-0.1, -0.05) is 23.7 Å². The quantitative estimate of drug-likeness (QED) is 0.761. The number of nitrogens with one attached hydrogen (secondary N) is 1. The fourth-order valence-electron chi connectivity index (χ4n) is 1.93. The molecule has 0 spiro atoms. The van der Waals surface area contributed by atoms with Crippen LogP contribution in [0.25, 0.3) is 11.3 Å². The first-order valence-corrected chi connectivity index (χ1v) is 7.13. The second kappa shape index (κ2) is 9.11. The van der Waals surface area contributed by atoms with Gasteiger partial charge in [0.15, 0.2) is 0 Å². The van der Waals surface area contributed by atoms with E-state index in [0.29, 0.717) is 0 Å². The van der Waals surface area contributed by atoms with Crippen molar-refractivity contribution in [1.82, 2.24) is 5.32 Å². The van der Waals surface area contributed by atoms with Gasteiger partial charge >= 0.3 is 0 Å². The average molecular weight is 330 g/mol. The highest BCUT2D eigenvalue weighted by Crippen LogP contribution is 2.26. The van der Waals surface area contributed by atoms with Gasteiger partial charge in [0.05, 0.1) is 6.54 Å². The van der Waals surface area contributed by atoms with Crippen LogP contribution in [0.5, 0.6) is 0 Å². The Bertz CT molecular complexity index is 555. The highest BCUT2D eigenvalue weighted by molar-refractivity contribution is 6.31. The van der Waals surface area contributed by atoms with Crippen molar-refractivity contribution in [3.05, 3.63) is 46.7 Å².